The second kappa shape index (κ2) is 5.14. The lowest BCUT2D eigenvalue weighted by atomic mass is 10.3. The second-order valence-corrected chi connectivity index (χ2v) is 4.10. The Balaban J connectivity index is 2.24. The minimum atomic E-state index is 0.00153. The molecule has 0 heterocycles. The maximum Gasteiger partial charge on any atom is 0.241 e. The molecule has 86 valence electrons. The Bertz CT molecular complexity index is 249. The Morgan fingerprint density at radius 2 is 1.87 bits per heavy atom. The van der Waals surface area contributed by atoms with Gasteiger partial charge in [-0.1, -0.05) is 6.92 Å². The summed E-state index contributed by atoms with van der Waals surface area (Å²) in [5, 5.41) is 2.69. The van der Waals surface area contributed by atoms with Crippen molar-refractivity contribution in [3.8, 4) is 0 Å². The smallest absolute Gasteiger partial charge is 0.241 e. The zero-order valence-electron chi connectivity index (χ0n) is 9.75. The van der Waals surface area contributed by atoms with Gasteiger partial charge in [-0.2, -0.15) is 0 Å². The molecule has 2 amide bonds. The van der Waals surface area contributed by atoms with Crippen LogP contribution in [-0.2, 0) is 9.59 Å². The lowest BCUT2D eigenvalue weighted by Gasteiger charge is -2.18. The first kappa shape index (κ1) is 12.0. The van der Waals surface area contributed by atoms with Gasteiger partial charge in [-0.15, -0.1) is 0 Å². The standard InChI is InChI=1S/C11H20N2O2/c1-4-13(5-2)10(14)7-12-11(15)9-6-8(9)3/h8-9H,4-7H2,1-3H3,(H,12,15)/t8-,9-/m0/s1. The van der Waals surface area contributed by atoms with Crippen molar-refractivity contribution in [2.45, 2.75) is 27.2 Å². The van der Waals surface area contributed by atoms with Crippen LogP contribution in [0.5, 0.6) is 0 Å². The van der Waals surface area contributed by atoms with Gasteiger partial charge in [0.25, 0.3) is 0 Å². The Hall–Kier alpha value is -1.06. The van der Waals surface area contributed by atoms with Crippen molar-refractivity contribution < 1.29 is 9.59 Å². The molecule has 0 aliphatic heterocycles. The SMILES string of the molecule is CCN(CC)C(=O)CNC(=O)[C@H]1C[C@@H]1C. The van der Waals surface area contributed by atoms with Crippen molar-refractivity contribution in [1.29, 1.82) is 0 Å². The highest BCUT2D eigenvalue weighted by Gasteiger charge is 2.39. The molecule has 1 aliphatic carbocycles. The van der Waals surface area contributed by atoms with Crippen LogP contribution in [0, 0.1) is 11.8 Å². The monoisotopic (exact) mass is 212 g/mol. The Morgan fingerprint density at radius 1 is 1.33 bits per heavy atom. The van der Waals surface area contributed by atoms with Crippen molar-refractivity contribution in [2.24, 2.45) is 11.8 Å². The molecule has 1 saturated carbocycles. The van der Waals surface area contributed by atoms with Gasteiger partial charge in [-0.05, 0) is 26.2 Å². The predicted molar refractivity (Wildman–Crippen MR) is 58.2 cm³/mol. The number of hydrogen-bond acceptors (Lipinski definition) is 2. The van der Waals surface area contributed by atoms with Gasteiger partial charge in [0.2, 0.25) is 11.8 Å². The third-order valence-electron chi connectivity index (χ3n) is 2.98. The fourth-order valence-electron chi connectivity index (χ4n) is 1.67. The van der Waals surface area contributed by atoms with Crippen LogP contribution in [-0.4, -0.2) is 36.3 Å². The summed E-state index contributed by atoms with van der Waals surface area (Å²) in [6, 6.07) is 0. The van der Waals surface area contributed by atoms with E-state index < -0.39 is 0 Å². The van der Waals surface area contributed by atoms with E-state index in [1.54, 1.807) is 4.90 Å². The summed E-state index contributed by atoms with van der Waals surface area (Å²) in [6.07, 6.45) is 0.964. The van der Waals surface area contributed by atoms with Crippen molar-refractivity contribution >= 4 is 11.8 Å². The minimum Gasteiger partial charge on any atom is -0.347 e. The van der Waals surface area contributed by atoms with Gasteiger partial charge in [-0.3, -0.25) is 9.59 Å². The van der Waals surface area contributed by atoms with E-state index in [0.717, 1.165) is 6.42 Å². The number of hydrogen-bond donors (Lipinski definition) is 1. The van der Waals surface area contributed by atoms with Crippen LogP contribution in [0.1, 0.15) is 27.2 Å². The lowest BCUT2D eigenvalue weighted by Crippen LogP contribution is -2.40. The van der Waals surface area contributed by atoms with Gasteiger partial charge >= 0.3 is 0 Å². The molecule has 0 aromatic carbocycles. The number of carbonyl (C=O) groups is 2. The molecule has 0 unspecified atom stereocenters. The molecule has 1 aliphatic rings. The molecular formula is C11H20N2O2. The van der Waals surface area contributed by atoms with Gasteiger partial charge < -0.3 is 10.2 Å². The summed E-state index contributed by atoms with van der Waals surface area (Å²) in [6.45, 7) is 7.47. The van der Waals surface area contributed by atoms with E-state index in [4.69, 9.17) is 0 Å². The zero-order chi connectivity index (χ0) is 11.4. The van der Waals surface area contributed by atoms with Crippen molar-refractivity contribution in [3.63, 3.8) is 0 Å². The normalized spacial score (nSPS) is 23.4. The largest absolute Gasteiger partial charge is 0.347 e. The van der Waals surface area contributed by atoms with E-state index in [1.165, 1.54) is 0 Å². The summed E-state index contributed by atoms with van der Waals surface area (Å²) in [5.41, 5.74) is 0. The number of amides is 2. The van der Waals surface area contributed by atoms with Crippen LogP contribution < -0.4 is 5.32 Å². The molecular weight excluding hydrogens is 192 g/mol. The molecule has 1 rings (SSSR count). The zero-order valence-corrected chi connectivity index (χ0v) is 9.75. The topological polar surface area (TPSA) is 49.4 Å². The van der Waals surface area contributed by atoms with Gasteiger partial charge in [-0.25, -0.2) is 0 Å². The third kappa shape index (κ3) is 3.22. The van der Waals surface area contributed by atoms with E-state index in [0.29, 0.717) is 19.0 Å². The van der Waals surface area contributed by atoms with Crippen molar-refractivity contribution in [1.82, 2.24) is 10.2 Å². The summed E-state index contributed by atoms with van der Waals surface area (Å²) in [4.78, 5) is 24.7. The molecule has 0 radical (unpaired) electrons. The van der Waals surface area contributed by atoms with E-state index in [2.05, 4.69) is 12.2 Å². The number of rotatable bonds is 5. The molecule has 0 spiro atoms. The van der Waals surface area contributed by atoms with Crippen LogP contribution in [0.3, 0.4) is 0 Å². The van der Waals surface area contributed by atoms with E-state index in [1.807, 2.05) is 13.8 Å². The fourth-order valence-corrected chi connectivity index (χ4v) is 1.67. The molecule has 4 heteroatoms. The summed E-state index contributed by atoms with van der Waals surface area (Å²) < 4.78 is 0. The molecule has 4 nitrogen and oxygen atoms in total. The highest BCUT2D eigenvalue weighted by molar-refractivity contribution is 5.87. The molecule has 0 saturated heterocycles. The number of nitrogens with one attached hydrogen (secondary N) is 1. The summed E-state index contributed by atoms with van der Waals surface area (Å²) in [7, 11) is 0. The first-order valence-electron chi connectivity index (χ1n) is 5.65. The Kier molecular flexibility index (Phi) is 4.12. The van der Waals surface area contributed by atoms with E-state index in [9.17, 15) is 9.59 Å². The first-order valence-corrected chi connectivity index (χ1v) is 5.65. The quantitative estimate of drug-likeness (QED) is 0.726. The second-order valence-electron chi connectivity index (χ2n) is 4.10. The van der Waals surface area contributed by atoms with Crippen molar-refractivity contribution in [3.05, 3.63) is 0 Å². The van der Waals surface area contributed by atoms with Crippen LogP contribution in [0.15, 0.2) is 0 Å². The molecule has 1 N–H and O–H groups in total. The predicted octanol–water partition coefficient (Wildman–Crippen LogP) is 0.627. The Labute approximate surface area is 91.0 Å². The van der Waals surface area contributed by atoms with Gasteiger partial charge in [0, 0.05) is 19.0 Å². The minimum absolute atomic E-state index is 0.00153. The average Bonchev–Trinajstić information content (AvgIpc) is 2.94. The molecule has 15 heavy (non-hydrogen) atoms. The van der Waals surface area contributed by atoms with E-state index in [-0.39, 0.29) is 24.3 Å². The molecule has 0 aromatic heterocycles. The fraction of sp³-hybridized carbons (Fsp3) is 0.818. The number of nitrogens with zero attached hydrogens (tertiary/aromatic N) is 1. The highest BCUT2D eigenvalue weighted by Crippen LogP contribution is 2.37. The van der Waals surface area contributed by atoms with Gasteiger partial charge in [0.05, 0.1) is 6.54 Å². The van der Waals surface area contributed by atoms with Gasteiger partial charge in [0.1, 0.15) is 0 Å². The van der Waals surface area contributed by atoms with Crippen LogP contribution in [0.4, 0.5) is 0 Å². The van der Waals surface area contributed by atoms with Gasteiger partial charge in [0.15, 0.2) is 0 Å². The summed E-state index contributed by atoms with van der Waals surface area (Å²) in [5.74, 6) is 0.674. The third-order valence-corrected chi connectivity index (χ3v) is 2.98. The average molecular weight is 212 g/mol. The maximum absolute atomic E-state index is 11.5. The maximum atomic E-state index is 11.5. The Morgan fingerprint density at radius 3 is 2.27 bits per heavy atom. The number of likely N-dealkylation sites (N-methyl/N-ethyl adjacent to an activating group) is 1. The summed E-state index contributed by atoms with van der Waals surface area (Å²) >= 11 is 0. The first-order chi connectivity index (χ1) is 7.10. The lowest BCUT2D eigenvalue weighted by molar-refractivity contribution is -0.132. The van der Waals surface area contributed by atoms with Crippen LogP contribution in [0.25, 0.3) is 0 Å². The van der Waals surface area contributed by atoms with Crippen LogP contribution >= 0.6 is 0 Å². The van der Waals surface area contributed by atoms with Crippen molar-refractivity contribution in [2.75, 3.05) is 19.6 Å². The highest BCUT2D eigenvalue weighted by atomic mass is 16.2. The van der Waals surface area contributed by atoms with E-state index >= 15 is 0 Å². The molecule has 2 atom stereocenters. The molecule has 0 bridgehead atoms. The number of carbonyl (C=O) groups excluding carboxylic acids is 2. The molecule has 0 aromatic rings. The van der Waals surface area contributed by atoms with Crippen LogP contribution in [0.2, 0.25) is 0 Å². The molecule has 1 fully saturated rings.